The Bertz CT molecular complexity index is 1140. The Kier molecular flexibility index (Phi) is 5.12. The lowest BCUT2D eigenvalue weighted by molar-refractivity contribution is -0.141. The van der Waals surface area contributed by atoms with Crippen LogP contribution in [0.25, 0.3) is 11.3 Å². The molecule has 0 radical (unpaired) electrons. The van der Waals surface area contributed by atoms with Crippen LogP contribution >= 0.6 is 11.6 Å². The number of nitrogens with zero attached hydrogens (tertiary/aromatic N) is 4. The minimum Gasteiger partial charge on any atom is -0.481 e. The van der Waals surface area contributed by atoms with Gasteiger partial charge < -0.3 is 10.1 Å². The number of carbonyl (C=O) groups excluding carboxylic acids is 1. The second kappa shape index (κ2) is 7.52. The largest absolute Gasteiger partial charge is 0.481 e. The first kappa shape index (κ1) is 21.1. The van der Waals surface area contributed by atoms with Gasteiger partial charge in [0.15, 0.2) is 5.69 Å². The van der Waals surface area contributed by atoms with E-state index in [1.54, 1.807) is 18.3 Å². The molecule has 4 rings (SSSR count). The van der Waals surface area contributed by atoms with Crippen molar-refractivity contribution in [2.75, 3.05) is 7.11 Å². The number of methoxy groups -OCH3 is 1. The van der Waals surface area contributed by atoms with Gasteiger partial charge in [0.1, 0.15) is 5.69 Å². The Balaban J connectivity index is 1.55. The minimum absolute atomic E-state index is 0.168. The van der Waals surface area contributed by atoms with Crippen molar-refractivity contribution in [3.63, 3.8) is 0 Å². The molecule has 1 aliphatic carbocycles. The van der Waals surface area contributed by atoms with E-state index in [1.807, 2.05) is 6.07 Å². The topological polar surface area (TPSA) is 81.9 Å². The molecule has 1 amide bonds. The van der Waals surface area contributed by atoms with Crippen molar-refractivity contribution in [1.29, 1.82) is 0 Å². The van der Waals surface area contributed by atoms with Crippen molar-refractivity contribution >= 4 is 17.5 Å². The molecule has 0 spiro atoms. The summed E-state index contributed by atoms with van der Waals surface area (Å²) in [5, 5.41) is 6.62. The van der Waals surface area contributed by atoms with Gasteiger partial charge in [-0.05, 0) is 24.5 Å². The first-order valence-electron chi connectivity index (χ1n) is 9.23. The number of alkyl halides is 3. The second-order valence-corrected chi connectivity index (χ2v) is 7.62. The summed E-state index contributed by atoms with van der Waals surface area (Å²) in [4.78, 5) is 21.1. The lowest BCUT2D eigenvalue weighted by Crippen LogP contribution is -2.36. The number of hydrogen-bond acceptors (Lipinski definition) is 5. The molecule has 1 N–H and O–H groups in total. The number of ether oxygens (including phenoxy) is 1. The minimum atomic E-state index is -4.62. The number of amides is 1. The van der Waals surface area contributed by atoms with Gasteiger partial charge in [0.2, 0.25) is 5.88 Å². The van der Waals surface area contributed by atoms with Crippen molar-refractivity contribution in [3.05, 3.63) is 58.6 Å². The SMILES string of the molecule is COc1cc(-c2ccc(C3(NC(=O)c4cc(C(F)(F)F)nn4C)CC3)cn2)c(Cl)cn1. The van der Waals surface area contributed by atoms with Crippen LogP contribution in [0.1, 0.15) is 34.6 Å². The Hall–Kier alpha value is -3.14. The van der Waals surface area contributed by atoms with Crippen LogP contribution in [0.4, 0.5) is 13.2 Å². The van der Waals surface area contributed by atoms with Crippen LogP contribution in [-0.2, 0) is 18.8 Å². The van der Waals surface area contributed by atoms with E-state index in [0.29, 0.717) is 35.0 Å². The molecule has 1 fully saturated rings. The molecular weight excluding hydrogens is 435 g/mol. The maximum absolute atomic E-state index is 12.9. The third kappa shape index (κ3) is 4.07. The molecule has 1 saturated carbocycles. The smallest absolute Gasteiger partial charge is 0.435 e. The number of rotatable bonds is 5. The number of halogens is 4. The van der Waals surface area contributed by atoms with E-state index in [9.17, 15) is 18.0 Å². The number of pyridine rings is 2. The fourth-order valence-corrected chi connectivity index (χ4v) is 3.47. The molecule has 3 heterocycles. The summed E-state index contributed by atoms with van der Waals surface area (Å²) in [6, 6.07) is 5.97. The fraction of sp³-hybridized carbons (Fsp3) is 0.300. The summed E-state index contributed by atoms with van der Waals surface area (Å²) in [7, 11) is 2.79. The standard InChI is InChI=1S/C20H17ClF3N5O2/c1-29-15(8-16(28-29)20(22,23)24)18(30)27-19(5-6-19)11-3-4-14(25-9-11)12-7-17(31-2)26-10-13(12)21/h3-4,7-10H,5-6H2,1-2H3,(H,27,30). The van der Waals surface area contributed by atoms with Gasteiger partial charge >= 0.3 is 6.18 Å². The molecule has 0 atom stereocenters. The maximum Gasteiger partial charge on any atom is 0.435 e. The van der Waals surface area contributed by atoms with Crippen LogP contribution in [0.2, 0.25) is 5.02 Å². The Morgan fingerprint density at radius 1 is 1.23 bits per heavy atom. The van der Waals surface area contributed by atoms with Gasteiger partial charge in [0.05, 0.1) is 29.6 Å². The highest BCUT2D eigenvalue weighted by atomic mass is 35.5. The van der Waals surface area contributed by atoms with E-state index in [0.717, 1.165) is 16.3 Å². The van der Waals surface area contributed by atoms with Crippen molar-refractivity contribution in [2.45, 2.75) is 24.6 Å². The molecule has 31 heavy (non-hydrogen) atoms. The average molecular weight is 452 g/mol. The van der Waals surface area contributed by atoms with Crippen molar-refractivity contribution < 1.29 is 22.7 Å². The van der Waals surface area contributed by atoms with Gasteiger partial charge in [0.25, 0.3) is 5.91 Å². The first-order valence-corrected chi connectivity index (χ1v) is 9.61. The molecule has 3 aromatic heterocycles. The molecule has 0 saturated heterocycles. The summed E-state index contributed by atoms with van der Waals surface area (Å²) in [5.41, 5.74) is 0.0337. The number of nitrogens with one attached hydrogen (secondary N) is 1. The van der Waals surface area contributed by atoms with Gasteiger partial charge in [-0.2, -0.15) is 18.3 Å². The normalized spacial score (nSPS) is 14.9. The third-order valence-electron chi connectivity index (χ3n) is 5.14. The van der Waals surface area contributed by atoms with Crippen molar-refractivity contribution in [1.82, 2.24) is 25.1 Å². The van der Waals surface area contributed by atoms with Crippen LogP contribution in [0.3, 0.4) is 0 Å². The number of aryl methyl sites for hydroxylation is 1. The highest BCUT2D eigenvalue weighted by Crippen LogP contribution is 2.46. The highest BCUT2D eigenvalue weighted by Gasteiger charge is 2.46. The van der Waals surface area contributed by atoms with Crippen LogP contribution in [-0.4, -0.2) is 32.8 Å². The molecular formula is C20H17ClF3N5O2. The molecule has 7 nitrogen and oxygen atoms in total. The highest BCUT2D eigenvalue weighted by molar-refractivity contribution is 6.33. The molecule has 0 unspecified atom stereocenters. The fourth-order valence-electron chi connectivity index (χ4n) is 3.27. The molecule has 0 aromatic carbocycles. The van der Waals surface area contributed by atoms with E-state index in [2.05, 4.69) is 20.4 Å². The van der Waals surface area contributed by atoms with Crippen LogP contribution in [0.15, 0.2) is 36.7 Å². The van der Waals surface area contributed by atoms with Gasteiger partial charge in [-0.15, -0.1) is 0 Å². The van der Waals surface area contributed by atoms with E-state index >= 15 is 0 Å². The molecule has 11 heteroatoms. The Labute approximate surface area is 180 Å². The van der Waals surface area contributed by atoms with Crippen molar-refractivity contribution in [3.8, 4) is 17.1 Å². The molecule has 1 aliphatic rings. The molecule has 3 aromatic rings. The maximum atomic E-state index is 12.9. The lowest BCUT2D eigenvalue weighted by atomic mass is 10.0. The summed E-state index contributed by atoms with van der Waals surface area (Å²) in [6.45, 7) is 0. The molecule has 162 valence electrons. The number of aromatic nitrogens is 4. The zero-order valence-corrected chi connectivity index (χ0v) is 17.3. The van der Waals surface area contributed by atoms with E-state index < -0.39 is 23.3 Å². The quantitative estimate of drug-likeness (QED) is 0.634. The van der Waals surface area contributed by atoms with Gasteiger partial charge in [-0.25, -0.2) is 4.98 Å². The average Bonchev–Trinajstić information content (AvgIpc) is 3.39. The summed E-state index contributed by atoms with van der Waals surface area (Å²) in [6.07, 6.45) is -0.237. The Morgan fingerprint density at radius 3 is 2.52 bits per heavy atom. The van der Waals surface area contributed by atoms with Crippen molar-refractivity contribution in [2.24, 2.45) is 7.05 Å². The van der Waals surface area contributed by atoms with E-state index in [4.69, 9.17) is 16.3 Å². The third-order valence-corrected chi connectivity index (χ3v) is 5.44. The summed E-state index contributed by atoms with van der Waals surface area (Å²) in [5.74, 6) is -0.236. The number of carbonyl (C=O) groups is 1. The van der Waals surface area contributed by atoms with Gasteiger partial charge in [0, 0.05) is 30.9 Å². The van der Waals surface area contributed by atoms with E-state index in [1.165, 1.54) is 20.4 Å². The first-order chi connectivity index (χ1) is 14.6. The second-order valence-electron chi connectivity index (χ2n) is 7.21. The zero-order valence-electron chi connectivity index (χ0n) is 16.5. The van der Waals surface area contributed by atoms with Crippen LogP contribution in [0.5, 0.6) is 5.88 Å². The summed E-state index contributed by atoms with van der Waals surface area (Å²) >= 11 is 6.21. The lowest BCUT2D eigenvalue weighted by Gasteiger charge is -2.18. The predicted octanol–water partition coefficient (Wildman–Crippen LogP) is 3.98. The molecule has 0 aliphatic heterocycles. The van der Waals surface area contributed by atoms with Crippen LogP contribution in [0, 0.1) is 0 Å². The zero-order chi connectivity index (χ0) is 22.4. The van der Waals surface area contributed by atoms with E-state index in [-0.39, 0.29) is 5.69 Å². The van der Waals surface area contributed by atoms with Crippen LogP contribution < -0.4 is 10.1 Å². The molecule has 0 bridgehead atoms. The van der Waals surface area contributed by atoms with Gasteiger partial charge in [-0.1, -0.05) is 17.7 Å². The monoisotopic (exact) mass is 451 g/mol. The predicted molar refractivity (Wildman–Crippen MR) is 106 cm³/mol. The Morgan fingerprint density at radius 2 is 1.97 bits per heavy atom. The van der Waals surface area contributed by atoms with Gasteiger partial charge in [-0.3, -0.25) is 14.5 Å². The summed E-state index contributed by atoms with van der Waals surface area (Å²) < 4.78 is 44.7. The number of hydrogen-bond donors (Lipinski definition) is 1.